The summed E-state index contributed by atoms with van der Waals surface area (Å²) in [6.45, 7) is 0. The molecule has 0 bridgehead atoms. The Hall–Kier alpha value is -1.26. The smallest absolute Gasteiger partial charge is 0.255 e. The Morgan fingerprint density at radius 3 is 2.61 bits per heavy atom. The molecule has 0 atom stereocenters. The fourth-order valence-corrected chi connectivity index (χ4v) is 2.35. The summed E-state index contributed by atoms with van der Waals surface area (Å²) >= 11 is 5.80. The van der Waals surface area contributed by atoms with E-state index in [2.05, 4.69) is 5.32 Å². The monoisotopic (exact) mass is 269 g/mol. The fraction of sp³-hybridized carbons (Fsp3) is 0.462. The molecule has 1 aromatic carbocycles. The number of phenols is 1. The Balaban J connectivity index is 2.01. The van der Waals surface area contributed by atoms with E-state index < -0.39 is 0 Å². The van der Waals surface area contributed by atoms with Gasteiger partial charge in [0.25, 0.3) is 5.91 Å². The standard InChI is InChI=1S/C13H16ClNO3/c14-8-1-6-12(17)11(7-8)13(18)15-9-2-4-10(16)5-3-9/h1,6-7,9-10,16-17H,2-5H2,(H,15,18). The maximum atomic E-state index is 12.0. The number of carbonyl (C=O) groups excluding carboxylic acids is 1. The molecule has 2 rings (SSSR count). The van der Waals surface area contributed by atoms with Gasteiger partial charge in [-0.3, -0.25) is 4.79 Å². The molecule has 4 nitrogen and oxygen atoms in total. The van der Waals surface area contributed by atoms with Crippen LogP contribution in [0.5, 0.6) is 5.75 Å². The quantitative estimate of drug-likeness (QED) is 0.770. The SMILES string of the molecule is O=C(NC1CCC(O)CC1)c1cc(Cl)ccc1O. The molecule has 1 amide bonds. The first-order chi connectivity index (χ1) is 8.56. The van der Waals surface area contributed by atoms with Crippen LogP contribution in [0.4, 0.5) is 0 Å². The highest BCUT2D eigenvalue weighted by Crippen LogP contribution is 2.23. The minimum Gasteiger partial charge on any atom is -0.507 e. The summed E-state index contributed by atoms with van der Waals surface area (Å²) in [5.74, 6) is -0.399. The van der Waals surface area contributed by atoms with Crippen LogP contribution in [0.3, 0.4) is 0 Å². The maximum absolute atomic E-state index is 12.0. The van der Waals surface area contributed by atoms with Gasteiger partial charge in [-0.2, -0.15) is 0 Å². The molecule has 1 saturated carbocycles. The van der Waals surface area contributed by atoms with Gasteiger partial charge < -0.3 is 15.5 Å². The van der Waals surface area contributed by atoms with Gasteiger partial charge in [0, 0.05) is 11.1 Å². The van der Waals surface area contributed by atoms with E-state index in [0.717, 1.165) is 12.8 Å². The Labute approximate surface area is 111 Å². The van der Waals surface area contributed by atoms with Crippen molar-refractivity contribution in [1.29, 1.82) is 0 Å². The molecule has 3 N–H and O–H groups in total. The van der Waals surface area contributed by atoms with Crippen molar-refractivity contribution in [3.05, 3.63) is 28.8 Å². The first-order valence-corrected chi connectivity index (χ1v) is 6.41. The number of rotatable bonds is 2. The van der Waals surface area contributed by atoms with Gasteiger partial charge in [-0.05, 0) is 43.9 Å². The van der Waals surface area contributed by atoms with Crippen LogP contribution in [-0.4, -0.2) is 28.3 Å². The second-order valence-electron chi connectivity index (χ2n) is 4.64. The van der Waals surface area contributed by atoms with Crippen LogP contribution in [0, 0.1) is 0 Å². The van der Waals surface area contributed by atoms with Crippen molar-refractivity contribution in [2.75, 3.05) is 0 Å². The third kappa shape index (κ3) is 3.15. The summed E-state index contributed by atoms with van der Waals surface area (Å²) < 4.78 is 0. The molecule has 0 aromatic heterocycles. The van der Waals surface area contributed by atoms with E-state index in [9.17, 15) is 15.0 Å². The molecular weight excluding hydrogens is 254 g/mol. The number of aromatic hydroxyl groups is 1. The molecule has 1 aliphatic rings. The Kier molecular flexibility index (Phi) is 4.09. The summed E-state index contributed by atoms with van der Waals surface area (Å²) in [6, 6.07) is 4.44. The summed E-state index contributed by atoms with van der Waals surface area (Å²) in [6.07, 6.45) is 2.67. The van der Waals surface area contributed by atoms with Crippen molar-refractivity contribution in [1.82, 2.24) is 5.32 Å². The number of carbonyl (C=O) groups is 1. The summed E-state index contributed by atoms with van der Waals surface area (Å²) in [5.41, 5.74) is 0.189. The van der Waals surface area contributed by atoms with E-state index in [1.165, 1.54) is 18.2 Å². The predicted molar refractivity (Wildman–Crippen MR) is 68.8 cm³/mol. The second kappa shape index (κ2) is 5.59. The van der Waals surface area contributed by atoms with E-state index in [0.29, 0.717) is 17.9 Å². The van der Waals surface area contributed by atoms with Crippen molar-refractivity contribution >= 4 is 17.5 Å². The average molecular weight is 270 g/mol. The largest absolute Gasteiger partial charge is 0.507 e. The lowest BCUT2D eigenvalue weighted by Gasteiger charge is -2.26. The highest BCUT2D eigenvalue weighted by atomic mass is 35.5. The summed E-state index contributed by atoms with van der Waals surface area (Å²) in [4.78, 5) is 12.0. The normalized spacial score (nSPS) is 23.7. The van der Waals surface area contributed by atoms with Gasteiger partial charge in [0.2, 0.25) is 0 Å². The topological polar surface area (TPSA) is 69.6 Å². The van der Waals surface area contributed by atoms with Crippen LogP contribution < -0.4 is 5.32 Å². The van der Waals surface area contributed by atoms with E-state index in [4.69, 9.17) is 11.6 Å². The molecule has 0 heterocycles. The molecule has 0 saturated heterocycles. The summed E-state index contributed by atoms with van der Waals surface area (Å²) in [7, 11) is 0. The van der Waals surface area contributed by atoms with Crippen molar-refractivity contribution < 1.29 is 15.0 Å². The van der Waals surface area contributed by atoms with Gasteiger partial charge in [0.1, 0.15) is 5.75 Å². The van der Waals surface area contributed by atoms with Gasteiger partial charge in [-0.25, -0.2) is 0 Å². The molecule has 1 fully saturated rings. The lowest BCUT2D eigenvalue weighted by atomic mass is 9.93. The fourth-order valence-electron chi connectivity index (χ4n) is 2.17. The van der Waals surface area contributed by atoms with Crippen LogP contribution in [0.25, 0.3) is 0 Å². The molecule has 1 aromatic rings. The van der Waals surface area contributed by atoms with Crippen molar-refractivity contribution in [3.63, 3.8) is 0 Å². The molecule has 1 aliphatic carbocycles. The van der Waals surface area contributed by atoms with Gasteiger partial charge in [0.15, 0.2) is 0 Å². The second-order valence-corrected chi connectivity index (χ2v) is 5.08. The number of nitrogens with one attached hydrogen (secondary N) is 1. The van der Waals surface area contributed by atoms with Crippen LogP contribution in [0.1, 0.15) is 36.0 Å². The third-order valence-electron chi connectivity index (χ3n) is 3.24. The molecular formula is C13H16ClNO3. The molecule has 18 heavy (non-hydrogen) atoms. The average Bonchev–Trinajstić information content (AvgIpc) is 2.35. The zero-order valence-electron chi connectivity index (χ0n) is 9.90. The van der Waals surface area contributed by atoms with Crippen molar-refractivity contribution in [3.8, 4) is 5.75 Å². The molecule has 98 valence electrons. The van der Waals surface area contributed by atoms with E-state index in [-0.39, 0.29) is 29.4 Å². The number of benzene rings is 1. The first kappa shape index (κ1) is 13.2. The number of aliphatic hydroxyl groups is 1. The van der Waals surface area contributed by atoms with Crippen LogP contribution >= 0.6 is 11.6 Å². The first-order valence-electron chi connectivity index (χ1n) is 6.03. The lowest BCUT2D eigenvalue weighted by molar-refractivity contribution is 0.0865. The maximum Gasteiger partial charge on any atom is 0.255 e. The number of hydrogen-bond donors (Lipinski definition) is 3. The molecule has 5 heteroatoms. The Morgan fingerprint density at radius 2 is 1.94 bits per heavy atom. The zero-order chi connectivity index (χ0) is 13.1. The molecule has 0 radical (unpaired) electrons. The third-order valence-corrected chi connectivity index (χ3v) is 3.47. The lowest BCUT2D eigenvalue weighted by Crippen LogP contribution is -2.38. The number of halogens is 1. The number of phenolic OH excluding ortho intramolecular Hbond substituents is 1. The minimum atomic E-state index is -0.323. The molecule has 0 aliphatic heterocycles. The van der Waals surface area contributed by atoms with Crippen LogP contribution in [0.15, 0.2) is 18.2 Å². The van der Waals surface area contributed by atoms with E-state index in [1.807, 2.05) is 0 Å². The van der Waals surface area contributed by atoms with Crippen LogP contribution in [0.2, 0.25) is 5.02 Å². The molecule has 0 spiro atoms. The highest BCUT2D eigenvalue weighted by Gasteiger charge is 2.22. The van der Waals surface area contributed by atoms with Gasteiger partial charge in [-0.1, -0.05) is 11.6 Å². The number of amides is 1. The van der Waals surface area contributed by atoms with E-state index >= 15 is 0 Å². The Bertz CT molecular complexity index is 442. The number of aliphatic hydroxyl groups excluding tert-OH is 1. The molecule has 0 unspecified atom stereocenters. The van der Waals surface area contributed by atoms with Gasteiger partial charge in [-0.15, -0.1) is 0 Å². The van der Waals surface area contributed by atoms with E-state index in [1.54, 1.807) is 0 Å². The minimum absolute atomic E-state index is 0.0549. The predicted octanol–water partition coefficient (Wildman–Crippen LogP) is 2.08. The van der Waals surface area contributed by atoms with Crippen molar-refractivity contribution in [2.45, 2.75) is 37.8 Å². The van der Waals surface area contributed by atoms with Gasteiger partial charge >= 0.3 is 0 Å². The van der Waals surface area contributed by atoms with Crippen molar-refractivity contribution in [2.24, 2.45) is 0 Å². The number of hydrogen-bond acceptors (Lipinski definition) is 3. The zero-order valence-corrected chi connectivity index (χ0v) is 10.7. The highest BCUT2D eigenvalue weighted by molar-refractivity contribution is 6.31. The van der Waals surface area contributed by atoms with Crippen LogP contribution in [-0.2, 0) is 0 Å². The summed E-state index contributed by atoms with van der Waals surface area (Å²) in [5, 5.41) is 22.3. The Morgan fingerprint density at radius 1 is 1.28 bits per heavy atom. The van der Waals surface area contributed by atoms with Gasteiger partial charge in [0.05, 0.1) is 11.7 Å².